The highest BCUT2D eigenvalue weighted by Crippen LogP contribution is 2.47. The first-order chi connectivity index (χ1) is 26.5. The Morgan fingerprint density at radius 2 is 0.929 bits per heavy atom. The van der Waals surface area contributed by atoms with Crippen molar-refractivity contribution in [1.82, 2.24) is 0 Å². The van der Waals surface area contributed by atoms with E-state index in [0.717, 1.165) is 30.3 Å². The molecule has 1 aliphatic rings. The molecular formula is C37H9BF16O2. The van der Waals surface area contributed by atoms with Crippen molar-refractivity contribution >= 4 is 44.9 Å². The summed E-state index contributed by atoms with van der Waals surface area (Å²) in [6.45, 7) is 0. The van der Waals surface area contributed by atoms with E-state index in [1.807, 2.05) is 0 Å². The van der Waals surface area contributed by atoms with Gasteiger partial charge in [-0.2, -0.15) is 8.78 Å². The zero-order chi connectivity index (χ0) is 40.4. The van der Waals surface area contributed by atoms with Crippen LogP contribution in [0.2, 0.25) is 0 Å². The maximum atomic E-state index is 16.1. The van der Waals surface area contributed by atoms with Gasteiger partial charge in [-0.3, -0.25) is 0 Å². The van der Waals surface area contributed by atoms with Crippen LogP contribution in [-0.4, -0.2) is 7.12 Å². The maximum absolute atomic E-state index is 16.1. The third-order valence-electron chi connectivity index (χ3n) is 9.27. The summed E-state index contributed by atoms with van der Waals surface area (Å²) in [4.78, 5) is 0. The molecule has 7 aromatic rings. The van der Waals surface area contributed by atoms with Crippen molar-refractivity contribution in [2.24, 2.45) is 0 Å². The highest BCUT2D eigenvalue weighted by molar-refractivity contribution is 6.66. The molecule has 0 saturated heterocycles. The molecule has 284 valence electrons. The Morgan fingerprint density at radius 1 is 0.411 bits per heavy atom. The number of fused-ring (bicyclic) bond motifs is 6. The van der Waals surface area contributed by atoms with Crippen LogP contribution in [0.3, 0.4) is 0 Å². The fraction of sp³-hybridized carbons (Fsp3) is 0.0270. The third kappa shape index (κ3) is 4.94. The van der Waals surface area contributed by atoms with Gasteiger partial charge in [0.15, 0.2) is 69.7 Å². The van der Waals surface area contributed by atoms with Crippen molar-refractivity contribution in [2.75, 3.05) is 0 Å². The Bertz CT molecular complexity index is 2930. The monoisotopic (exact) mass is 800 g/mol. The normalized spacial score (nSPS) is 12.2. The standard InChI is InChI=1S/C37H9BF16O2/c39-13-5-1-3-9-8-12-17(15(9)13)23(42)32(51)34(53)36(12)55-38(56-37-20-19(26(45)33(52)35(37)54)25(44)30(49)31(50)27(20)46)21-11-7-10-4-2-6-14(40)16(10)22(41)18(11)24(43)29(48)28(21)47/h1-7H,8H2. The summed E-state index contributed by atoms with van der Waals surface area (Å²) in [6, 6.07) is 6.11. The molecular weight excluding hydrogens is 791 g/mol. The first-order valence-corrected chi connectivity index (χ1v) is 15.5. The van der Waals surface area contributed by atoms with Gasteiger partial charge in [-0.05, 0) is 34.5 Å². The summed E-state index contributed by atoms with van der Waals surface area (Å²) in [7, 11) is -3.42. The molecule has 0 unspecified atom stereocenters. The van der Waals surface area contributed by atoms with E-state index in [4.69, 9.17) is 9.31 Å². The molecule has 0 aliphatic heterocycles. The lowest BCUT2D eigenvalue weighted by Gasteiger charge is -2.23. The van der Waals surface area contributed by atoms with Crippen LogP contribution in [0.1, 0.15) is 11.1 Å². The molecule has 0 spiro atoms. The van der Waals surface area contributed by atoms with E-state index in [2.05, 4.69) is 0 Å². The number of rotatable bonds is 5. The SMILES string of the molecule is Fc1cccc2c1-c1c(F)c(F)c(F)c(OB(Oc3c(F)c(F)c(F)c4c(F)c(F)c(F)c(F)c34)c3c(F)c(F)c(F)c4c(F)c5c(F)cccc5cc34)c1C2. The number of halogens is 16. The Labute approximate surface area is 300 Å². The van der Waals surface area contributed by atoms with Crippen molar-refractivity contribution < 1.29 is 79.6 Å². The fourth-order valence-corrected chi connectivity index (χ4v) is 6.82. The lowest BCUT2D eigenvalue weighted by molar-refractivity contribution is 0.368. The van der Waals surface area contributed by atoms with Gasteiger partial charge in [0.05, 0.1) is 27.0 Å². The molecule has 0 saturated carbocycles. The molecule has 0 amide bonds. The van der Waals surface area contributed by atoms with Crippen LogP contribution in [-0.2, 0) is 6.42 Å². The van der Waals surface area contributed by atoms with Gasteiger partial charge in [0.25, 0.3) is 0 Å². The summed E-state index contributed by atoms with van der Waals surface area (Å²) < 4.78 is 254. The van der Waals surface area contributed by atoms with Gasteiger partial charge in [0.2, 0.25) is 11.6 Å². The first-order valence-electron chi connectivity index (χ1n) is 15.5. The summed E-state index contributed by atoms with van der Waals surface area (Å²) in [5.74, 6) is -42.1. The van der Waals surface area contributed by atoms with Gasteiger partial charge in [0, 0.05) is 23.1 Å². The molecule has 0 atom stereocenters. The quantitative estimate of drug-likeness (QED) is 0.0568. The Morgan fingerprint density at radius 3 is 1.61 bits per heavy atom. The highest BCUT2D eigenvalue weighted by atomic mass is 19.2. The maximum Gasteiger partial charge on any atom is 0.636 e. The molecule has 8 rings (SSSR count). The Kier molecular flexibility index (Phi) is 8.35. The van der Waals surface area contributed by atoms with E-state index >= 15 is 39.5 Å². The lowest BCUT2D eigenvalue weighted by Crippen LogP contribution is -2.46. The van der Waals surface area contributed by atoms with Gasteiger partial charge < -0.3 is 9.31 Å². The number of hydrogen-bond donors (Lipinski definition) is 0. The highest BCUT2D eigenvalue weighted by Gasteiger charge is 2.43. The lowest BCUT2D eigenvalue weighted by atomic mass is 9.74. The van der Waals surface area contributed by atoms with Crippen LogP contribution < -0.4 is 14.8 Å². The Balaban J connectivity index is 1.49. The van der Waals surface area contributed by atoms with Gasteiger partial charge in [-0.25, -0.2) is 61.5 Å². The second-order valence-corrected chi connectivity index (χ2v) is 12.2. The molecule has 0 bridgehead atoms. The molecule has 0 N–H and O–H groups in total. The van der Waals surface area contributed by atoms with Gasteiger partial charge >= 0.3 is 7.12 Å². The van der Waals surface area contributed by atoms with Crippen molar-refractivity contribution in [3.05, 3.63) is 147 Å². The first kappa shape index (κ1) is 36.8. The summed E-state index contributed by atoms with van der Waals surface area (Å²) in [5, 5.41) is -8.84. The van der Waals surface area contributed by atoms with E-state index in [-0.39, 0.29) is 5.56 Å². The zero-order valence-corrected chi connectivity index (χ0v) is 26.7. The van der Waals surface area contributed by atoms with Crippen molar-refractivity contribution in [2.45, 2.75) is 6.42 Å². The second-order valence-electron chi connectivity index (χ2n) is 12.2. The van der Waals surface area contributed by atoms with Crippen molar-refractivity contribution in [3.8, 4) is 22.6 Å². The van der Waals surface area contributed by atoms with Crippen LogP contribution in [0.25, 0.3) is 43.4 Å². The molecule has 7 aromatic carbocycles. The van der Waals surface area contributed by atoms with E-state index in [1.54, 1.807) is 0 Å². The fourth-order valence-electron chi connectivity index (χ4n) is 6.82. The van der Waals surface area contributed by atoms with Gasteiger partial charge in [-0.1, -0.05) is 24.3 Å². The molecule has 0 heterocycles. The molecule has 1 aliphatic carbocycles. The zero-order valence-electron chi connectivity index (χ0n) is 26.7. The van der Waals surface area contributed by atoms with Crippen LogP contribution in [0, 0.1) is 93.1 Å². The van der Waals surface area contributed by atoms with Gasteiger partial charge in [0.1, 0.15) is 23.2 Å². The molecule has 56 heavy (non-hydrogen) atoms. The minimum absolute atomic E-state index is 0.168. The average molecular weight is 800 g/mol. The summed E-state index contributed by atoms with van der Waals surface area (Å²) >= 11 is 0. The summed E-state index contributed by atoms with van der Waals surface area (Å²) in [5.41, 5.74) is -4.48. The van der Waals surface area contributed by atoms with Gasteiger partial charge in [-0.15, -0.1) is 0 Å². The Hall–Kier alpha value is -6.14. The minimum Gasteiger partial charge on any atom is -0.519 e. The number of hydrogen-bond acceptors (Lipinski definition) is 2. The van der Waals surface area contributed by atoms with E-state index in [9.17, 15) is 30.7 Å². The van der Waals surface area contributed by atoms with Crippen molar-refractivity contribution in [1.29, 1.82) is 0 Å². The van der Waals surface area contributed by atoms with Crippen LogP contribution >= 0.6 is 0 Å². The summed E-state index contributed by atoms with van der Waals surface area (Å²) in [6.07, 6.45) is -0.759. The molecule has 0 fully saturated rings. The van der Waals surface area contributed by atoms with Crippen LogP contribution in [0.5, 0.6) is 11.5 Å². The number of benzene rings is 7. The van der Waals surface area contributed by atoms with E-state index in [0.29, 0.717) is 12.1 Å². The molecule has 0 aromatic heterocycles. The topological polar surface area (TPSA) is 18.5 Å². The predicted octanol–water partition coefficient (Wildman–Crippen LogP) is 10.8. The molecule has 19 heteroatoms. The van der Waals surface area contributed by atoms with E-state index in [1.165, 1.54) is 0 Å². The smallest absolute Gasteiger partial charge is 0.519 e. The third-order valence-corrected chi connectivity index (χ3v) is 9.27. The van der Waals surface area contributed by atoms with Crippen LogP contribution in [0.15, 0.2) is 42.5 Å². The van der Waals surface area contributed by atoms with Crippen LogP contribution in [0.4, 0.5) is 70.2 Å². The molecule has 0 radical (unpaired) electrons. The van der Waals surface area contributed by atoms with Crippen molar-refractivity contribution in [3.63, 3.8) is 0 Å². The average Bonchev–Trinajstić information content (AvgIpc) is 3.56. The molecule has 2 nitrogen and oxygen atoms in total. The largest absolute Gasteiger partial charge is 0.636 e. The second kappa shape index (κ2) is 12.7. The predicted molar refractivity (Wildman–Crippen MR) is 166 cm³/mol. The minimum atomic E-state index is -3.42. The van der Waals surface area contributed by atoms with E-state index < -0.39 is 173 Å².